The van der Waals surface area contributed by atoms with Gasteiger partial charge in [0.25, 0.3) is 0 Å². The summed E-state index contributed by atoms with van der Waals surface area (Å²) in [5.41, 5.74) is 3.32. The normalized spacial score (nSPS) is 10.8. The number of oxazole rings is 1. The fourth-order valence-electron chi connectivity index (χ4n) is 3.02. The minimum absolute atomic E-state index is 0.400. The maximum atomic E-state index is 12.7. The summed E-state index contributed by atoms with van der Waals surface area (Å²) < 4.78 is 7.30. The van der Waals surface area contributed by atoms with Crippen LogP contribution in [0.3, 0.4) is 0 Å². The molecule has 0 saturated carbocycles. The second-order valence-corrected chi connectivity index (χ2v) is 6.37. The number of hydrogen-bond acceptors (Lipinski definition) is 2. The van der Waals surface area contributed by atoms with Crippen LogP contribution in [0.4, 0.5) is 0 Å². The summed E-state index contributed by atoms with van der Waals surface area (Å²) >= 11 is 6.45. The molecule has 0 spiro atoms. The zero-order valence-electron chi connectivity index (χ0n) is 13.9. The van der Waals surface area contributed by atoms with E-state index in [1.807, 2.05) is 84.9 Å². The predicted octanol–water partition coefficient (Wildman–Crippen LogP) is 5.48. The van der Waals surface area contributed by atoms with Gasteiger partial charge in [-0.2, -0.15) is 0 Å². The molecule has 1 aromatic heterocycles. The number of rotatable bonds is 4. The molecule has 4 aromatic rings. The van der Waals surface area contributed by atoms with Crippen molar-refractivity contribution in [3.05, 3.63) is 106 Å². The third kappa shape index (κ3) is 3.09. The van der Waals surface area contributed by atoms with Gasteiger partial charge in [0, 0.05) is 11.1 Å². The molecule has 0 saturated heterocycles. The quantitative estimate of drug-likeness (QED) is 0.482. The summed E-state index contributed by atoms with van der Waals surface area (Å²) in [6.45, 7) is 0.413. The molecule has 0 atom stereocenters. The van der Waals surface area contributed by atoms with E-state index in [0.717, 1.165) is 16.7 Å². The predicted molar refractivity (Wildman–Crippen MR) is 104 cm³/mol. The maximum Gasteiger partial charge on any atom is 0.420 e. The first-order valence-electron chi connectivity index (χ1n) is 8.32. The lowest BCUT2D eigenvalue weighted by molar-refractivity contribution is 0.497. The van der Waals surface area contributed by atoms with E-state index in [-0.39, 0.29) is 0 Å². The molecule has 0 aliphatic heterocycles. The summed E-state index contributed by atoms with van der Waals surface area (Å²) in [6, 6.07) is 26.9. The Bertz CT molecular complexity index is 1080. The van der Waals surface area contributed by atoms with Crippen molar-refractivity contribution in [3.8, 4) is 22.6 Å². The molecule has 26 heavy (non-hydrogen) atoms. The molecule has 0 radical (unpaired) electrons. The Balaban J connectivity index is 1.96. The molecule has 128 valence electrons. The van der Waals surface area contributed by atoms with Crippen molar-refractivity contribution in [1.29, 1.82) is 0 Å². The van der Waals surface area contributed by atoms with Crippen LogP contribution in [0.25, 0.3) is 22.6 Å². The van der Waals surface area contributed by atoms with Gasteiger partial charge in [-0.3, -0.25) is 4.57 Å². The van der Waals surface area contributed by atoms with Crippen molar-refractivity contribution in [2.75, 3.05) is 0 Å². The molecule has 0 N–H and O–H groups in total. The zero-order valence-corrected chi connectivity index (χ0v) is 14.7. The van der Waals surface area contributed by atoms with E-state index in [4.69, 9.17) is 16.0 Å². The third-order valence-corrected chi connectivity index (χ3v) is 4.57. The fraction of sp³-hybridized carbons (Fsp3) is 0.0455. The topological polar surface area (TPSA) is 35.1 Å². The highest BCUT2D eigenvalue weighted by atomic mass is 35.5. The van der Waals surface area contributed by atoms with Gasteiger partial charge in [-0.05, 0) is 11.6 Å². The highest BCUT2D eigenvalue weighted by Gasteiger charge is 2.21. The average molecular weight is 362 g/mol. The maximum absolute atomic E-state index is 12.7. The van der Waals surface area contributed by atoms with Crippen LogP contribution in [0.15, 0.2) is 94.1 Å². The minimum atomic E-state index is -0.400. The zero-order chi connectivity index (χ0) is 17.9. The number of halogens is 1. The van der Waals surface area contributed by atoms with Gasteiger partial charge in [0.15, 0.2) is 5.76 Å². The molecule has 0 fully saturated rings. The standard InChI is InChI=1S/C22H16ClNO2/c23-19-14-8-7-13-18(19)20-21(17-11-5-2-6-12-17)26-22(25)24(20)15-16-9-3-1-4-10-16/h1-14H,15H2. The summed E-state index contributed by atoms with van der Waals surface area (Å²) in [5.74, 6) is 0.127. The van der Waals surface area contributed by atoms with Crippen LogP contribution in [0, 0.1) is 0 Å². The summed E-state index contributed by atoms with van der Waals surface area (Å²) in [7, 11) is 0. The molecular formula is C22H16ClNO2. The average Bonchev–Trinajstić information content (AvgIpc) is 3.00. The molecule has 3 aromatic carbocycles. The van der Waals surface area contributed by atoms with E-state index in [1.165, 1.54) is 0 Å². The van der Waals surface area contributed by atoms with E-state index < -0.39 is 5.76 Å². The first-order chi connectivity index (χ1) is 12.7. The molecule has 3 nitrogen and oxygen atoms in total. The van der Waals surface area contributed by atoms with Crippen molar-refractivity contribution in [3.63, 3.8) is 0 Å². The largest absolute Gasteiger partial charge is 0.420 e. The van der Waals surface area contributed by atoms with E-state index in [2.05, 4.69) is 0 Å². The Morgan fingerprint density at radius 2 is 1.42 bits per heavy atom. The molecule has 1 heterocycles. The fourth-order valence-corrected chi connectivity index (χ4v) is 3.25. The number of hydrogen-bond donors (Lipinski definition) is 0. The third-order valence-electron chi connectivity index (χ3n) is 4.24. The molecule has 4 heteroatoms. The van der Waals surface area contributed by atoms with Crippen LogP contribution in [0.2, 0.25) is 5.02 Å². The van der Waals surface area contributed by atoms with Gasteiger partial charge >= 0.3 is 5.76 Å². The Hall–Kier alpha value is -3.04. The monoisotopic (exact) mass is 361 g/mol. The van der Waals surface area contributed by atoms with E-state index >= 15 is 0 Å². The molecular weight excluding hydrogens is 346 g/mol. The Labute approximate surface area is 156 Å². The minimum Gasteiger partial charge on any atom is -0.407 e. The van der Waals surface area contributed by atoms with Crippen LogP contribution in [-0.4, -0.2) is 4.57 Å². The number of aromatic nitrogens is 1. The van der Waals surface area contributed by atoms with Crippen molar-refractivity contribution >= 4 is 11.6 Å². The van der Waals surface area contributed by atoms with Gasteiger partial charge < -0.3 is 4.42 Å². The highest BCUT2D eigenvalue weighted by molar-refractivity contribution is 6.33. The second-order valence-electron chi connectivity index (χ2n) is 5.96. The van der Waals surface area contributed by atoms with Crippen molar-refractivity contribution < 1.29 is 4.42 Å². The molecule has 0 unspecified atom stereocenters. The van der Waals surface area contributed by atoms with E-state index in [9.17, 15) is 4.79 Å². The Morgan fingerprint density at radius 3 is 2.12 bits per heavy atom. The number of benzene rings is 3. The lowest BCUT2D eigenvalue weighted by Crippen LogP contribution is -2.16. The molecule has 0 aliphatic carbocycles. The number of nitrogens with zero attached hydrogens (tertiary/aromatic N) is 1. The van der Waals surface area contributed by atoms with Gasteiger partial charge in [-0.25, -0.2) is 4.79 Å². The summed E-state index contributed by atoms with van der Waals surface area (Å²) in [6.07, 6.45) is 0. The van der Waals surface area contributed by atoms with Crippen LogP contribution < -0.4 is 5.76 Å². The first kappa shape index (κ1) is 16.4. The van der Waals surface area contributed by atoms with Crippen LogP contribution in [0.5, 0.6) is 0 Å². The highest BCUT2D eigenvalue weighted by Crippen LogP contribution is 2.35. The Kier molecular flexibility index (Phi) is 4.46. The SMILES string of the molecule is O=c1oc(-c2ccccc2)c(-c2ccccc2Cl)n1Cc1ccccc1. The van der Waals surface area contributed by atoms with Gasteiger partial charge in [-0.15, -0.1) is 0 Å². The van der Waals surface area contributed by atoms with E-state index in [0.29, 0.717) is 23.0 Å². The van der Waals surface area contributed by atoms with Gasteiger partial charge in [0.2, 0.25) is 0 Å². The smallest absolute Gasteiger partial charge is 0.407 e. The molecule has 0 amide bonds. The first-order valence-corrected chi connectivity index (χ1v) is 8.70. The summed E-state index contributed by atoms with van der Waals surface area (Å²) in [5, 5.41) is 0.576. The van der Waals surface area contributed by atoms with Crippen molar-refractivity contribution in [2.24, 2.45) is 0 Å². The van der Waals surface area contributed by atoms with Gasteiger partial charge in [0.1, 0.15) is 0 Å². The lowest BCUT2D eigenvalue weighted by atomic mass is 10.0. The van der Waals surface area contributed by atoms with Crippen LogP contribution in [-0.2, 0) is 6.54 Å². The molecule has 0 aliphatic rings. The van der Waals surface area contributed by atoms with Gasteiger partial charge in [0.05, 0.1) is 17.3 Å². The second kappa shape index (κ2) is 7.06. The van der Waals surface area contributed by atoms with E-state index in [1.54, 1.807) is 4.57 Å². The Morgan fingerprint density at radius 1 is 0.808 bits per heavy atom. The van der Waals surface area contributed by atoms with Gasteiger partial charge in [-0.1, -0.05) is 90.5 Å². The van der Waals surface area contributed by atoms with Crippen LogP contribution >= 0.6 is 11.6 Å². The molecule has 0 bridgehead atoms. The van der Waals surface area contributed by atoms with Crippen molar-refractivity contribution in [2.45, 2.75) is 6.54 Å². The molecule has 4 rings (SSSR count). The lowest BCUT2D eigenvalue weighted by Gasteiger charge is -2.10. The van der Waals surface area contributed by atoms with Crippen LogP contribution in [0.1, 0.15) is 5.56 Å². The van der Waals surface area contributed by atoms with Crippen molar-refractivity contribution in [1.82, 2.24) is 4.57 Å². The summed E-state index contributed by atoms with van der Waals surface area (Å²) in [4.78, 5) is 12.7.